The van der Waals surface area contributed by atoms with Crippen molar-refractivity contribution in [3.63, 3.8) is 0 Å². The molecule has 1 heterocycles. The van der Waals surface area contributed by atoms with E-state index >= 15 is 0 Å². The van der Waals surface area contributed by atoms with Gasteiger partial charge < -0.3 is 10.9 Å². The number of oxime groups is 1. The summed E-state index contributed by atoms with van der Waals surface area (Å²) in [5, 5.41) is 11.1. The minimum absolute atomic E-state index is 0.102. The van der Waals surface area contributed by atoms with E-state index in [2.05, 4.69) is 5.16 Å². The van der Waals surface area contributed by atoms with E-state index in [0.29, 0.717) is 13.1 Å². The van der Waals surface area contributed by atoms with Crippen LogP contribution in [-0.4, -0.2) is 54.8 Å². The molecule has 1 rings (SSSR count). The molecule has 1 saturated heterocycles. The lowest BCUT2D eigenvalue weighted by molar-refractivity contribution is 0.315. The number of amidine groups is 1. The molecule has 7 nitrogen and oxygen atoms in total. The Hall–Kier alpha value is -0.860. The first-order valence-electron chi connectivity index (χ1n) is 4.66. The Kier molecular flexibility index (Phi) is 3.89. The van der Waals surface area contributed by atoms with Crippen molar-refractivity contribution in [3.8, 4) is 0 Å². The third kappa shape index (κ3) is 2.80. The van der Waals surface area contributed by atoms with Gasteiger partial charge in [-0.05, 0) is 12.8 Å². The summed E-state index contributed by atoms with van der Waals surface area (Å²) < 4.78 is 26.2. The topological polar surface area (TPSA) is 99.2 Å². The molecule has 0 aliphatic carbocycles. The predicted octanol–water partition coefficient (Wildman–Crippen LogP) is -0.995. The lowest BCUT2D eigenvalue weighted by Crippen LogP contribution is -2.43. The molecule has 3 N–H and O–H groups in total. The van der Waals surface area contributed by atoms with E-state index in [0.717, 1.165) is 17.1 Å². The highest BCUT2D eigenvalue weighted by atomic mass is 32.2. The van der Waals surface area contributed by atoms with Gasteiger partial charge in [-0.3, -0.25) is 0 Å². The highest BCUT2D eigenvalue weighted by Crippen LogP contribution is 2.14. The van der Waals surface area contributed by atoms with E-state index in [4.69, 9.17) is 10.9 Å². The monoisotopic (exact) mass is 236 g/mol. The zero-order chi connectivity index (χ0) is 11.5. The third-order valence-electron chi connectivity index (χ3n) is 2.30. The van der Waals surface area contributed by atoms with Gasteiger partial charge in [0.1, 0.15) is 0 Å². The molecule has 0 spiro atoms. The first kappa shape index (κ1) is 12.2. The SMILES string of the molecule is CN(CC(N)=NO)S(=O)(=O)N1CCCC1. The minimum atomic E-state index is -3.45. The van der Waals surface area contributed by atoms with Crippen LogP contribution >= 0.6 is 0 Å². The van der Waals surface area contributed by atoms with Gasteiger partial charge in [0.05, 0.1) is 6.54 Å². The summed E-state index contributed by atoms with van der Waals surface area (Å²) in [6.07, 6.45) is 1.77. The van der Waals surface area contributed by atoms with Gasteiger partial charge in [0.15, 0.2) is 5.84 Å². The predicted molar refractivity (Wildman–Crippen MR) is 55.8 cm³/mol. The van der Waals surface area contributed by atoms with Crippen molar-refractivity contribution in [1.29, 1.82) is 0 Å². The molecule has 0 atom stereocenters. The van der Waals surface area contributed by atoms with Crippen LogP contribution in [0, 0.1) is 0 Å². The summed E-state index contributed by atoms with van der Waals surface area (Å²) in [4.78, 5) is 0. The lowest BCUT2D eigenvalue weighted by atomic mass is 10.4. The molecule has 15 heavy (non-hydrogen) atoms. The molecule has 8 heteroatoms. The Morgan fingerprint density at radius 3 is 2.53 bits per heavy atom. The number of nitrogens with two attached hydrogens (primary N) is 1. The van der Waals surface area contributed by atoms with Gasteiger partial charge in [0.25, 0.3) is 10.2 Å². The van der Waals surface area contributed by atoms with Crippen LogP contribution in [-0.2, 0) is 10.2 Å². The fraction of sp³-hybridized carbons (Fsp3) is 0.857. The molecule has 0 radical (unpaired) electrons. The summed E-state index contributed by atoms with van der Waals surface area (Å²) >= 11 is 0. The second-order valence-corrected chi connectivity index (χ2v) is 5.50. The quantitative estimate of drug-likeness (QED) is 0.283. The van der Waals surface area contributed by atoms with Crippen LogP contribution in [0.25, 0.3) is 0 Å². The summed E-state index contributed by atoms with van der Waals surface area (Å²) in [7, 11) is -2.04. The van der Waals surface area contributed by atoms with Crippen LogP contribution in [0.5, 0.6) is 0 Å². The maximum Gasteiger partial charge on any atom is 0.282 e. The molecule has 88 valence electrons. The molecule has 0 saturated carbocycles. The second kappa shape index (κ2) is 4.77. The zero-order valence-corrected chi connectivity index (χ0v) is 9.44. The van der Waals surface area contributed by atoms with Crippen molar-refractivity contribution in [1.82, 2.24) is 8.61 Å². The fourth-order valence-electron chi connectivity index (χ4n) is 1.46. The van der Waals surface area contributed by atoms with Gasteiger partial charge in [0.2, 0.25) is 0 Å². The molecule has 0 amide bonds. The summed E-state index contributed by atoms with van der Waals surface area (Å²) in [5.41, 5.74) is 5.24. The van der Waals surface area contributed by atoms with Crippen molar-refractivity contribution < 1.29 is 13.6 Å². The largest absolute Gasteiger partial charge is 0.409 e. The Morgan fingerprint density at radius 1 is 1.53 bits per heavy atom. The number of hydrogen-bond acceptors (Lipinski definition) is 4. The normalized spacial score (nSPS) is 20.0. The van der Waals surface area contributed by atoms with Crippen molar-refractivity contribution in [2.75, 3.05) is 26.7 Å². The van der Waals surface area contributed by atoms with Crippen LogP contribution in [0.15, 0.2) is 5.16 Å². The van der Waals surface area contributed by atoms with Crippen LogP contribution in [0.1, 0.15) is 12.8 Å². The number of nitrogens with zero attached hydrogens (tertiary/aromatic N) is 3. The van der Waals surface area contributed by atoms with Crippen molar-refractivity contribution >= 4 is 16.0 Å². The maximum absolute atomic E-state index is 11.8. The fourth-order valence-corrected chi connectivity index (χ4v) is 2.87. The molecular weight excluding hydrogens is 220 g/mol. The van der Waals surface area contributed by atoms with Crippen LogP contribution in [0.4, 0.5) is 0 Å². The Labute approximate surface area is 89.3 Å². The molecule has 1 aliphatic rings. The van der Waals surface area contributed by atoms with E-state index in [1.54, 1.807) is 0 Å². The third-order valence-corrected chi connectivity index (χ3v) is 4.23. The van der Waals surface area contributed by atoms with Gasteiger partial charge in [-0.15, -0.1) is 0 Å². The molecule has 1 fully saturated rings. The zero-order valence-electron chi connectivity index (χ0n) is 8.63. The smallest absolute Gasteiger partial charge is 0.282 e. The standard InChI is InChI=1S/C7H16N4O3S/c1-10(6-7(8)9-12)15(13,14)11-4-2-3-5-11/h12H,2-6H2,1H3,(H2,8,9). The Bertz CT molecular complexity index is 334. The first-order valence-corrected chi connectivity index (χ1v) is 6.06. The highest BCUT2D eigenvalue weighted by Gasteiger charge is 2.29. The molecule has 0 aromatic carbocycles. The Morgan fingerprint density at radius 2 is 2.07 bits per heavy atom. The van der Waals surface area contributed by atoms with Crippen LogP contribution in [0.3, 0.4) is 0 Å². The average Bonchev–Trinajstić information content (AvgIpc) is 2.70. The van der Waals surface area contributed by atoms with Gasteiger partial charge in [-0.2, -0.15) is 17.0 Å². The van der Waals surface area contributed by atoms with Crippen LogP contribution in [0.2, 0.25) is 0 Å². The summed E-state index contributed by atoms with van der Waals surface area (Å²) in [6, 6.07) is 0. The van der Waals surface area contributed by atoms with E-state index in [9.17, 15) is 8.42 Å². The number of rotatable bonds is 4. The van der Waals surface area contributed by atoms with E-state index < -0.39 is 10.2 Å². The minimum Gasteiger partial charge on any atom is -0.409 e. The second-order valence-electron chi connectivity index (χ2n) is 3.46. The Balaban J connectivity index is 2.68. The van der Waals surface area contributed by atoms with Crippen LogP contribution < -0.4 is 5.73 Å². The van der Waals surface area contributed by atoms with Gasteiger partial charge in [0, 0.05) is 20.1 Å². The molecule has 0 aromatic heterocycles. The van der Waals surface area contributed by atoms with Crippen molar-refractivity contribution in [3.05, 3.63) is 0 Å². The maximum atomic E-state index is 11.8. The first-order chi connectivity index (χ1) is 6.98. The average molecular weight is 236 g/mol. The van der Waals surface area contributed by atoms with E-state index in [-0.39, 0.29) is 12.4 Å². The molecular formula is C7H16N4O3S. The summed E-state index contributed by atoms with van der Waals surface area (Å²) in [6.45, 7) is 0.987. The molecule has 0 bridgehead atoms. The van der Waals surface area contributed by atoms with Crippen molar-refractivity contribution in [2.45, 2.75) is 12.8 Å². The van der Waals surface area contributed by atoms with E-state index in [1.807, 2.05) is 0 Å². The molecule has 0 unspecified atom stereocenters. The van der Waals surface area contributed by atoms with Gasteiger partial charge >= 0.3 is 0 Å². The lowest BCUT2D eigenvalue weighted by Gasteiger charge is -2.22. The van der Waals surface area contributed by atoms with Crippen molar-refractivity contribution in [2.24, 2.45) is 10.9 Å². The van der Waals surface area contributed by atoms with Gasteiger partial charge in [-0.25, -0.2) is 0 Å². The molecule has 0 aromatic rings. The van der Waals surface area contributed by atoms with Gasteiger partial charge in [-0.1, -0.05) is 5.16 Å². The van der Waals surface area contributed by atoms with E-state index in [1.165, 1.54) is 11.4 Å². The number of likely N-dealkylation sites (N-methyl/N-ethyl adjacent to an activating group) is 1. The molecule has 1 aliphatic heterocycles. The highest BCUT2D eigenvalue weighted by molar-refractivity contribution is 7.86. The summed E-state index contributed by atoms with van der Waals surface area (Å²) in [5.74, 6) is -0.125. The number of hydrogen-bond donors (Lipinski definition) is 2.